The number of carbonyl (C=O) groups is 4. The van der Waals surface area contributed by atoms with Gasteiger partial charge >= 0.3 is 0 Å². The Kier molecular flexibility index (Phi) is 6.45. The van der Waals surface area contributed by atoms with Gasteiger partial charge in [0.2, 0.25) is 0 Å². The average Bonchev–Trinajstić information content (AvgIpc) is 3.39. The van der Waals surface area contributed by atoms with Crippen molar-refractivity contribution < 1.29 is 23.9 Å². The number of imide groups is 1. The molecule has 1 aliphatic heterocycles. The van der Waals surface area contributed by atoms with Crippen LogP contribution in [0.15, 0.2) is 42.7 Å². The van der Waals surface area contributed by atoms with Gasteiger partial charge in [0.05, 0.1) is 28.5 Å². The van der Waals surface area contributed by atoms with Crippen molar-refractivity contribution in [2.45, 2.75) is 6.42 Å². The molecule has 0 bridgehead atoms. The van der Waals surface area contributed by atoms with Crippen LogP contribution in [-0.2, 0) is 4.74 Å². The van der Waals surface area contributed by atoms with E-state index in [0.29, 0.717) is 18.6 Å². The second-order valence-electron chi connectivity index (χ2n) is 7.51. The minimum Gasteiger partial charge on any atom is -0.385 e. The number of nitrogens with zero attached hydrogens (tertiary/aromatic N) is 2. The Morgan fingerprint density at radius 3 is 2.36 bits per heavy atom. The van der Waals surface area contributed by atoms with Gasteiger partial charge in [-0.2, -0.15) is 0 Å². The van der Waals surface area contributed by atoms with Crippen LogP contribution in [0.2, 0.25) is 0 Å². The monoisotopic (exact) mass is 449 g/mol. The Balaban J connectivity index is 1.30. The largest absolute Gasteiger partial charge is 0.385 e. The first kappa shape index (κ1) is 22.2. The molecule has 0 aliphatic carbocycles. The van der Waals surface area contributed by atoms with Crippen molar-refractivity contribution in [3.8, 4) is 0 Å². The summed E-state index contributed by atoms with van der Waals surface area (Å²) < 4.78 is 4.97. The molecule has 10 heteroatoms. The number of imidazole rings is 1. The van der Waals surface area contributed by atoms with Gasteiger partial charge < -0.3 is 20.4 Å². The number of hydrogen-bond donors (Lipinski definition) is 3. The molecule has 3 aromatic rings. The van der Waals surface area contributed by atoms with Crippen LogP contribution < -0.4 is 10.6 Å². The minimum absolute atomic E-state index is 0.198. The molecule has 2 aromatic carbocycles. The predicted molar refractivity (Wildman–Crippen MR) is 119 cm³/mol. The highest BCUT2D eigenvalue weighted by atomic mass is 16.5. The van der Waals surface area contributed by atoms with E-state index in [1.165, 1.54) is 23.1 Å². The van der Waals surface area contributed by atoms with Gasteiger partial charge in [-0.1, -0.05) is 0 Å². The maximum Gasteiger partial charge on any atom is 0.261 e. The van der Waals surface area contributed by atoms with Crippen molar-refractivity contribution in [2.24, 2.45) is 0 Å². The van der Waals surface area contributed by atoms with Crippen LogP contribution in [-0.4, -0.2) is 71.8 Å². The second kappa shape index (κ2) is 9.61. The molecule has 3 N–H and O–H groups in total. The van der Waals surface area contributed by atoms with Crippen LogP contribution in [0.5, 0.6) is 0 Å². The minimum atomic E-state index is -0.415. The molecule has 1 aliphatic rings. The first-order chi connectivity index (χ1) is 16.0. The molecule has 0 unspecified atom stereocenters. The van der Waals surface area contributed by atoms with E-state index >= 15 is 0 Å². The summed E-state index contributed by atoms with van der Waals surface area (Å²) in [6, 6.07) is 9.57. The van der Waals surface area contributed by atoms with Crippen molar-refractivity contribution in [2.75, 3.05) is 33.4 Å². The maximum absolute atomic E-state index is 12.6. The van der Waals surface area contributed by atoms with Crippen molar-refractivity contribution in [3.05, 3.63) is 65.0 Å². The number of carbonyl (C=O) groups excluding carboxylic acids is 4. The zero-order valence-corrected chi connectivity index (χ0v) is 18.0. The zero-order valence-electron chi connectivity index (χ0n) is 18.0. The molecule has 4 rings (SSSR count). The smallest absolute Gasteiger partial charge is 0.261 e. The van der Waals surface area contributed by atoms with E-state index in [4.69, 9.17) is 4.74 Å². The summed E-state index contributed by atoms with van der Waals surface area (Å²) in [4.78, 5) is 58.1. The van der Waals surface area contributed by atoms with Gasteiger partial charge in [0.25, 0.3) is 23.6 Å². The van der Waals surface area contributed by atoms with Crippen molar-refractivity contribution >= 4 is 34.7 Å². The topological polar surface area (TPSA) is 133 Å². The summed E-state index contributed by atoms with van der Waals surface area (Å²) in [5.74, 6) is -1.45. The molecule has 0 fully saturated rings. The van der Waals surface area contributed by atoms with Gasteiger partial charge in [0.15, 0.2) is 0 Å². The number of rotatable bonds is 9. The molecule has 0 atom stereocenters. The van der Waals surface area contributed by atoms with Crippen LogP contribution in [0.25, 0.3) is 11.0 Å². The molecule has 0 spiro atoms. The molecule has 170 valence electrons. The molecular weight excluding hydrogens is 426 g/mol. The van der Waals surface area contributed by atoms with Crippen LogP contribution in [0.1, 0.15) is 47.9 Å². The Labute approximate surface area is 189 Å². The highest BCUT2D eigenvalue weighted by Crippen LogP contribution is 2.24. The number of methoxy groups -OCH3 is 1. The number of nitrogens with one attached hydrogen (secondary N) is 3. The first-order valence-electron chi connectivity index (χ1n) is 10.5. The fourth-order valence-corrected chi connectivity index (χ4v) is 3.64. The SMILES string of the molecule is COCCCN1C(=O)c2ccc(C(=O)NCCNC(=O)c3ccc4nc[nH]c4c3)cc2C1=O. The molecule has 0 saturated heterocycles. The van der Waals surface area contributed by atoms with E-state index in [0.717, 1.165) is 11.0 Å². The summed E-state index contributed by atoms with van der Waals surface area (Å²) in [5.41, 5.74) is 2.78. The maximum atomic E-state index is 12.6. The number of hydrogen-bond acceptors (Lipinski definition) is 6. The number of amides is 4. The number of aromatic amines is 1. The van der Waals surface area contributed by atoms with Gasteiger partial charge in [0.1, 0.15) is 0 Å². The van der Waals surface area contributed by atoms with Crippen molar-refractivity contribution in [1.82, 2.24) is 25.5 Å². The average molecular weight is 449 g/mol. The van der Waals surface area contributed by atoms with E-state index < -0.39 is 11.8 Å². The van der Waals surface area contributed by atoms with Crippen LogP contribution in [0.4, 0.5) is 0 Å². The van der Waals surface area contributed by atoms with Gasteiger partial charge in [-0.15, -0.1) is 0 Å². The molecule has 10 nitrogen and oxygen atoms in total. The number of H-pyrrole nitrogens is 1. The van der Waals surface area contributed by atoms with Gasteiger partial charge in [-0.3, -0.25) is 24.1 Å². The van der Waals surface area contributed by atoms with Crippen LogP contribution in [0, 0.1) is 0 Å². The van der Waals surface area contributed by atoms with Gasteiger partial charge in [-0.05, 0) is 42.8 Å². The molecule has 4 amide bonds. The van der Waals surface area contributed by atoms with Gasteiger partial charge in [-0.25, -0.2) is 4.98 Å². The van der Waals surface area contributed by atoms with Crippen molar-refractivity contribution in [3.63, 3.8) is 0 Å². The van der Waals surface area contributed by atoms with Gasteiger partial charge in [0, 0.05) is 44.5 Å². The number of benzene rings is 2. The normalized spacial score (nSPS) is 12.8. The van der Waals surface area contributed by atoms with E-state index in [1.807, 2.05) is 0 Å². The zero-order chi connectivity index (χ0) is 23.4. The van der Waals surface area contributed by atoms with E-state index in [2.05, 4.69) is 20.6 Å². The lowest BCUT2D eigenvalue weighted by Crippen LogP contribution is -2.34. The molecule has 2 heterocycles. The lowest BCUT2D eigenvalue weighted by molar-refractivity contribution is 0.0638. The number of fused-ring (bicyclic) bond motifs is 2. The summed E-state index contributed by atoms with van der Waals surface area (Å²) >= 11 is 0. The second-order valence-corrected chi connectivity index (χ2v) is 7.51. The molecule has 33 heavy (non-hydrogen) atoms. The summed E-state index contributed by atoms with van der Waals surface area (Å²) in [6.45, 7) is 1.12. The Hall–Kier alpha value is -4.05. The third-order valence-electron chi connectivity index (χ3n) is 5.34. The molecule has 0 saturated carbocycles. The highest BCUT2D eigenvalue weighted by molar-refractivity contribution is 6.22. The fourth-order valence-electron chi connectivity index (χ4n) is 3.64. The van der Waals surface area contributed by atoms with Crippen LogP contribution >= 0.6 is 0 Å². The quantitative estimate of drug-likeness (QED) is 0.334. The van der Waals surface area contributed by atoms with Crippen molar-refractivity contribution in [1.29, 1.82) is 0 Å². The Morgan fingerprint density at radius 2 is 1.64 bits per heavy atom. The summed E-state index contributed by atoms with van der Waals surface area (Å²) in [6.07, 6.45) is 2.10. The number of ether oxygens (including phenoxy) is 1. The predicted octanol–water partition coefficient (Wildman–Crippen LogP) is 1.36. The summed E-state index contributed by atoms with van der Waals surface area (Å²) in [5, 5.41) is 5.45. The molecule has 1 aromatic heterocycles. The first-order valence-corrected chi connectivity index (χ1v) is 10.5. The lowest BCUT2D eigenvalue weighted by atomic mass is 10.1. The summed E-state index contributed by atoms with van der Waals surface area (Å²) in [7, 11) is 1.55. The number of aromatic nitrogens is 2. The third kappa shape index (κ3) is 4.60. The Morgan fingerprint density at radius 1 is 0.970 bits per heavy atom. The van der Waals surface area contributed by atoms with E-state index in [1.54, 1.807) is 31.6 Å². The molecule has 0 radical (unpaired) electrons. The van der Waals surface area contributed by atoms with E-state index in [9.17, 15) is 19.2 Å². The Bertz CT molecular complexity index is 1230. The standard InChI is InChI=1S/C23H23N5O5/c1-33-10-2-9-28-22(31)16-5-3-14(11-17(16)23(28)32)20(29)24-7-8-25-21(30)15-4-6-18-19(12-15)27-13-26-18/h3-6,11-13H,2,7-10H2,1H3,(H,24,29)(H,25,30)(H,26,27). The van der Waals surface area contributed by atoms with Crippen LogP contribution in [0.3, 0.4) is 0 Å². The third-order valence-corrected chi connectivity index (χ3v) is 5.34. The highest BCUT2D eigenvalue weighted by Gasteiger charge is 2.35. The lowest BCUT2D eigenvalue weighted by Gasteiger charge is -2.12. The molecular formula is C23H23N5O5. The fraction of sp³-hybridized carbons (Fsp3) is 0.261. The van der Waals surface area contributed by atoms with E-state index in [-0.39, 0.29) is 48.1 Å².